The fourth-order valence-corrected chi connectivity index (χ4v) is 1.58. The van der Waals surface area contributed by atoms with Crippen molar-refractivity contribution < 1.29 is 9.90 Å². The molecule has 0 amide bonds. The van der Waals surface area contributed by atoms with Crippen LogP contribution in [0.5, 0.6) is 5.75 Å². The molecule has 1 N–H and O–H groups in total. The zero-order chi connectivity index (χ0) is 11.7. The van der Waals surface area contributed by atoms with Crippen LogP contribution in [0, 0.1) is 0 Å². The van der Waals surface area contributed by atoms with Gasteiger partial charge in [0.2, 0.25) is 0 Å². The molecule has 16 heavy (non-hydrogen) atoms. The molecule has 0 spiro atoms. The Hall–Kier alpha value is -2.30. The molecule has 0 bridgehead atoms. The van der Waals surface area contributed by atoms with Crippen LogP contribution in [0.4, 0.5) is 0 Å². The number of carbonyl (C=O) groups excluding carboxylic acids is 1. The van der Waals surface area contributed by atoms with E-state index in [1.54, 1.807) is 25.2 Å². The second-order valence-corrected chi connectivity index (χ2v) is 3.35. The van der Waals surface area contributed by atoms with E-state index >= 15 is 0 Å². The number of hydrogen-bond acceptors (Lipinski definition) is 3. The van der Waals surface area contributed by atoms with Gasteiger partial charge < -0.3 is 5.11 Å². The third-order valence-electron chi connectivity index (χ3n) is 2.38. The van der Waals surface area contributed by atoms with E-state index in [2.05, 4.69) is 0 Å². The number of aromatic hydroxyl groups is 1. The van der Waals surface area contributed by atoms with Gasteiger partial charge >= 0.3 is 0 Å². The highest BCUT2D eigenvalue weighted by molar-refractivity contribution is 5.72. The first-order chi connectivity index (χ1) is 7.65. The lowest BCUT2D eigenvalue weighted by atomic mass is 10.3. The Bertz CT molecular complexity index is 596. The molecule has 0 fully saturated rings. The molecule has 0 aliphatic rings. The summed E-state index contributed by atoms with van der Waals surface area (Å²) >= 11 is 0. The highest BCUT2D eigenvalue weighted by Crippen LogP contribution is 2.19. The van der Waals surface area contributed by atoms with Gasteiger partial charge in [-0.3, -0.25) is 14.3 Å². The minimum atomic E-state index is -0.355. The fourth-order valence-electron chi connectivity index (χ4n) is 1.58. The molecule has 0 saturated heterocycles. The Morgan fingerprint density at radius 1 is 1.31 bits per heavy atom. The van der Waals surface area contributed by atoms with Crippen LogP contribution in [-0.4, -0.2) is 20.8 Å². The molecular weight excluding hydrogens is 208 g/mol. The van der Waals surface area contributed by atoms with Crippen LogP contribution in [0.3, 0.4) is 0 Å². The summed E-state index contributed by atoms with van der Waals surface area (Å²) in [5.41, 5.74) is 0.252. The van der Waals surface area contributed by atoms with Crippen LogP contribution in [0.15, 0.2) is 35.1 Å². The van der Waals surface area contributed by atoms with E-state index in [0.717, 1.165) is 0 Å². The van der Waals surface area contributed by atoms with Crippen LogP contribution in [0.25, 0.3) is 5.69 Å². The van der Waals surface area contributed by atoms with E-state index in [-0.39, 0.29) is 17.0 Å². The van der Waals surface area contributed by atoms with Crippen molar-refractivity contribution in [3.63, 3.8) is 0 Å². The molecule has 2 rings (SSSR count). The fraction of sp³-hybridized carbons (Fsp3) is 0.0909. The van der Waals surface area contributed by atoms with Crippen molar-refractivity contribution in [2.24, 2.45) is 7.05 Å². The first-order valence-electron chi connectivity index (χ1n) is 4.67. The quantitative estimate of drug-likeness (QED) is 0.754. The van der Waals surface area contributed by atoms with Crippen molar-refractivity contribution in [2.75, 3.05) is 0 Å². The standard InChI is InChI=1S/C11H10N2O3/c1-12-8(7-14)6-11(16)13(12)9-4-2-3-5-10(9)15/h2-7,15H,1H3. The predicted molar refractivity (Wildman–Crippen MR) is 58.1 cm³/mol. The Morgan fingerprint density at radius 3 is 2.56 bits per heavy atom. The van der Waals surface area contributed by atoms with E-state index in [0.29, 0.717) is 12.0 Å². The lowest BCUT2D eigenvalue weighted by Gasteiger charge is -2.09. The summed E-state index contributed by atoms with van der Waals surface area (Å²) in [7, 11) is 1.58. The molecule has 0 atom stereocenters. The third-order valence-corrected chi connectivity index (χ3v) is 2.38. The number of carbonyl (C=O) groups is 1. The molecular formula is C11H10N2O3. The van der Waals surface area contributed by atoms with Crippen LogP contribution in [-0.2, 0) is 7.05 Å². The van der Waals surface area contributed by atoms with Crippen LogP contribution in [0.2, 0.25) is 0 Å². The van der Waals surface area contributed by atoms with Gasteiger partial charge in [0.05, 0.1) is 0 Å². The smallest absolute Gasteiger partial charge is 0.272 e. The van der Waals surface area contributed by atoms with Gasteiger partial charge in [0.15, 0.2) is 6.29 Å². The van der Waals surface area contributed by atoms with Gasteiger partial charge in [0, 0.05) is 13.1 Å². The number of rotatable bonds is 2. The second kappa shape index (κ2) is 3.69. The number of benzene rings is 1. The largest absolute Gasteiger partial charge is 0.506 e. The maximum absolute atomic E-state index is 11.6. The first-order valence-corrected chi connectivity index (χ1v) is 4.67. The van der Waals surface area contributed by atoms with Crippen LogP contribution in [0.1, 0.15) is 10.5 Å². The summed E-state index contributed by atoms with van der Waals surface area (Å²) in [5.74, 6) is -0.0109. The molecule has 82 valence electrons. The Morgan fingerprint density at radius 2 is 2.00 bits per heavy atom. The topological polar surface area (TPSA) is 64.2 Å². The number of hydrogen-bond donors (Lipinski definition) is 1. The first kappa shape index (κ1) is 10.2. The molecule has 0 aliphatic heterocycles. The number of phenolic OH excluding ortho intramolecular Hbond substituents is 1. The Labute approximate surface area is 91.2 Å². The monoisotopic (exact) mass is 218 g/mol. The Kier molecular flexibility index (Phi) is 2.36. The molecule has 1 aromatic carbocycles. The summed E-state index contributed by atoms with van der Waals surface area (Å²) in [6.45, 7) is 0. The van der Waals surface area contributed by atoms with Gasteiger partial charge in [-0.25, -0.2) is 4.68 Å². The number of nitrogens with zero attached hydrogens (tertiary/aromatic N) is 2. The minimum absolute atomic E-state index is 0.0109. The molecule has 0 aliphatic carbocycles. The molecule has 1 aromatic heterocycles. The van der Waals surface area contributed by atoms with E-state index in [1.807, 2.05) is 0 Å². The maximum Gasteiger partial charge on any atom is 0.272 e. The van der Waals surface area contributed by atoms with Crippen molar-refractivity contribution in [3.8, 4) is 11.4 Å². The van der Waals surface area contributed by atoms with Crippen molar-refractivity contribution in [1.29, 1.82) is 0 Å². The van der Waals surface area contributed by atoms with E-state index < -0.39 is 0 Å². The summed E-state index contributed by atoms with van der Waals surface area (Å²) < 4.78 is 2.63. The van der Waals surface area contributed by atoms with Crippen molar-refractivity contribution in [2.45, 2.75) is 0 Å². The van der Waals surface area contributed by atoms with Crippen LogP contribution < -0.4 is 5.56 Å². The molecule has 5 nitrogen and oxygen atoms in total. The summed E-state index contributed by atoms with van der Waals surface area (Å²) in [5, 5.41) is 9.63. The normalized spacial score (nSPS) is 10.3. The summed E-state index contributed by atoms with van der Waals surface area (Å²) in [6.07, 6.45) is 0.595. The SMILES string of the molecule is Cn1c(C=O)cc(=O)n1-c1ccccc1O. The van der Waals surface area contributed by atoms with Crippen molar-refractivity contribution in [3.05, 3.63) is 46.4 Å². The van der Waals surface area contributed by atoms with Gasteiger partial charge in [0.1, 0.15) is 17.1 Å². The number of aromatic nitrogens is 2. The second-order valence-electron chi connectivity index (χ2n) is 3.35. The molecule has 1 heterocycles. The van der Waals surface area contributed by atoms with Gasteiger partial charge in [-0.1, -0.05) is 12.1 Å². The molecule has 0 unspecified atom stereocenters. The molecule has 0 saturated carbocycles. The summed E-state index contributed by atoms with van der Waals surface area (Å²) in [4.78, 5) is 22.3. The highest BCUT2D eigenvalue weighted by Gasteiger charge is 2.11. The van der Waals surface area contributed by atoms with Gasteiger partial charge in [-0.05, 0) is 12.1 Å². The summed E-state index contributed by atoms with van der Waals surface area (Å²) in [6, 6.07) is 7.67. The van der Waals surface area contributed by atoms with Crippen molar-refractivity contribution in [1.82, 2.24) is 9.36 Å². The van der Waals surface area contributed by atoms with Crippen LogP contribution >= 0.6 is 0 Å². The minimum Gasteiger partial charge on any atom is -0.506 e. The number of para-hydroxylation sites is 2. The Balaban J connectivity index is 2.75. The average molecular weight is 218 g/mol. The molecule has 5 heteroatoms. The number of aldehydes is 1. The van der Waals surface area contributed by atoms with E-state index in [4.69, 9.17) is 0 Å². The lowest BCUT2D eigenvalue weighted by Crippen LogP contribution is -2.19. The third kappa shape index (κ3) is 1.42. The van der Waals surface area contributed by atoms with E-state index in [9.17, 15) is 14.7 Å². The van der Waals surface area contributed by atoms with E-state index in [1.165, 1.54) is 21.5 Å². The molecule has 0 radical (unpaired) electrons. The zero-order valence-corrected chi connectivity index (χ0v) is 8.62. The van der Waals surface area contributed by atoms with Gasteiger partial charge in [-0.2, -0.15) is 0 Å². The number of phenols is 1. The highest BCUT2D eigenvalue weighted by atomic mass is 16.3. The average Bonchev–Trinajstić information content (AvgIpc) is 2.55. The van der Waals surface area contributed by atoms with Gasteiger partial charge in [-0.15, -0.1) is 0 Å². The maximum atomic E-state index is 11.6. The molecule has 2 aromatic rings. The zero-order valence-electron chi connectivity index (χ0n) is 8.62. The van der Waals surface area contributed by atoms with Gasteiger partial charge in [0.25, 0.3) is 5.56 Å². The van der Waals surface area contributed by atoms with Crippen molar-refractivity contribution >= 4 is 6.29 Å². The predicted octanol–water partition coefficient (Wildman–Crippen LogP) is 0.694. The lowest BCUT2D eigenvalue weighted by molar-refractivity contribution is 0.111.